The number of aryl methyl sites for hydroxylation is 1. The number of thioether (sulfide) groups is 1. The molecular weight excluding hydrogens is 449 g/mol. The third-order valence-electron chi connectivity index (χ3n) is 4.96. The smallest absolute Gasteiger partial charge is 0.262 e. The molecule has 0 saturated carbocycles. The molecule has 2 N–H and O–H groups in total. The highest BCUT2D eigenvalue weighted by atomic mass is 32.2. The van der Waals surface area contributed by atoms with Crippen molar-refractivity contribution in [2.45, 2.75) is 28.8 Å². The highest BCUT2D eigenvalue weighted by molar-refractivity contribution is 7.98. The average Bonchev–Trinajstić information content (AvgIpc) is 2.77. The van der Waals surface area contributed by atoms with Gasteiger partial charge >= 0.3 is 0 Å². The molecule has 4 rings (SSSR count). The van der Waals surface area contributed by atoms with Crippen molar-refractivity contribution in [3.05, 3.63) is 100 Å². The first kappa shape index (κ1) is 22.2. The highest BCUT2D eigenvalue weighted by Gasteiger charge is 2.13. The number of fused-ring (bicyclic) bond motifs is 1. The summed E-state index contributed by atoms with van der Waals surface area (Å²) in [5.74, 6) is 0.154. The minimum Gasteiger partial charge on any atom is -0.287 e. The van der Waals surface area contributed by atoms with Gasteiger partial charge in [-0.25, -0.2) is 22.9 Å². The fourth-order valence-electron chi connectivity index (χ4n) is 3.32. The molecule has 0 amide bonds. The number of hydrogen-bond donors (Lipinski definition) is 1. The highest BCUT2D eigenvalue weighted by Crippen LogP contribution is 2.23. The maximum atomic E-state index is 13.5. The lowest BCUT2D eigenvalue weighted by atomic mass is 10.1. The lowest BCUT2D eigenvalue weighted by Gasteiger charge is -2.13. The van der Waals surface area contributed by atoms with Crippen molar-refractivity contribution in [1.29, 1.82) is 0 Å². The quantitative estimate of drug-likeness (QED) is 0.329. The van der Waals surface area contributed by atoms with Gasteiger partial charge in [0.15, 0.2) is 5.16 Å². The molecule has 1 aromatic heterocycles. The van der Waals surface area contributed by atoms with Crippen molar-refractivity contribution >= 4 is 32.7 Å². The van der Waals surface area contributed by atoms with Crippen LogP contribution in [0.15, 0.2) is 87.6 Å². The van der Waals surface area contributed by atoms with Crippen LogP contribution in [0.1, 0.15) is 11.1 Å². The summed E-state index contributed by atoms with van der Waals surface area (Å²) >= 11 is 1.37. The molecule has 6 nitrogen and oxygen atoms in total. The third-order valence-corrected chi connectivity index (χ3v) is 6.94. The largest absolute Gasteiger partial charge is 0.287 e. The molecule has 0 aliphatic carbocycles. The molecule has 0 unspecified atom stereocenters. The molecule has 3 aromatic carbocycles. The van der Waals surface area contributed by atoms with E-state index < -0.39 is 10.0 Å². The minimum atomic E-state index is -3.76. The van der Waals surface area contributed by atoms with Gasteiger partial charge in [-0.1, -0.05) is 48.2 Å². The molecule has 0 bridgehead atoms. The predicted molar refractivity (Wildman–Crippen MR) is 123 cm³/mol. The van der Waals surface area contributed by atoms with Crippen LogP contribution in [0.3, 0.4) is 0 Å². The number of halogens is 1. The van der Waals surface area contributed by atoms with E-state index in [1.54, 1.807) is 41.0 Å². The topological polar surface area (TPSA) is 95.1 Å². The van der Waals surface area contributed by atoms with E-state index in [2.05, 4.69) is 4.98 Å². The number of para-hydroxylation sites is 1. The van der Waals surface area contributed by atoms with E-state index in [-0.39, 0.29) is 16.3 Å². The van der Waals surface area contributed by atoms with Crippen molar-refractivity contribution in [3.63, 3.8) is 0 Å². The fourth-order valence-corrected chi connectivity index (χ4v) is 4.80. The number of aromatic nitrogens is 2. The van der Waals surface area contributed by atoms with E-state index in [0.29, 0.717) is 34.8 Å². The van der Waals surface area contributed by atoms with E-state index in [1.807, 2.05) is 12.1 Å². The predicted octanol–water partition coefficient (Wildman–Crippen LogP) is 3.72. The number of benzene rings is 3. The summed E-state index contributed by atoms with van der Waals surface area (Å²) in [5, 5.41) is 6.21. The molecule has 0 aliphatic rings. The van der Waals surface area contributed by atoms with Gasteiger partial charge in [-0.05, 0) is 53.9 Å². The second-order valence-corrected chi connectivity index (χ2v) is 9.73. The van der Waals surface area contributed by atoms with E-state index in [4.69, 9.17) is 5.14 Å². The maximum Gasteiger partial charge on any atom is 0.262 e. The third kappa shape index (κ3) is 5.07. The monoisotopic (exact) mass is 469 g/mol. The summed E-state index contributed by atoms with van der Waals surface area (Å²) < 4.78 is 38.0. The Balaban J connectivity index is 1.63. The van der Waals surface area contributed by atoms with Crippen molar-refractivity contribution in [2.24, 2.45) is 5.14 Å². The van der Waals surface area contributed by atoms with E-state index in [0.717, 1.165) is 11.1 Å². The first-order valence-corrected chi connectivity index (χ1v) is 12.3. The van der Waals surface area contributed by atoms with Gasteiger partial charge in [0, 0.05) is 12.3 Å². The Morgan fingerprint density at radius 1 is 0.969 bits per heavy atom. The Labute approximate surface area is 189 Å². The first-order valence-electron chi connectivity index (χ1n) is 9.80. The molecule has 0 atom stereocenters. The zero-order valence-corrected chi connectivity index (χ0v) is 18.6. The molecule has 32 heavy (non-hydrogen) atoms. The Morgan fingerprint density at radius 3 is 2.44 bits per heavy atom. The van der Waals surface area contributed by atoms with Gasteiger partial charge < -0.3 is 0 Å². The van der Waals surface area contributed by atoms with E-state index >= 15 is 0 Å². The molecular formula is C23H20FN3O3S2. The first-order chi connectivity index (χ1) is 15.3. The second-order valence-electron chi connectivity index (χ2n) is 7.23. The van der Waals surface area contributed by atoms with Crippen LogP contribution in [0.25, 0.3) is 10.9 Å². The standard InChI is InChI=1S/C23H20FN3O3S2/c24-18-5-3-4-17(14-18)15-31-23-26-21-7-2-1-6-20(21)22(28)27(23)13-12-16-8-10-19(11-9-16)32(25,29)30/h1-11,14H,12-13,15H2,(H2,25,29,30). The van der Waals surface area contributed by atoms with Gasteiger partial charge in [-0.3, -0.25) is 9.36 Å². The van der Waals surface area contributed by atoms with Crippen LogP contribution in [-0.4, -0.2) is 18.0 Å². The summed E-state index contributed by atoms with van der Waals surface area (Å²) in [5.41, 5.74) is 2.10. The SMILES string of the molecule is NS(=O)(=O)c1ccc(CCn2c(SCc3cccc(F)c3)nc3ccccc3c2=O)cc1. The lowest BCUT2D eigenvalue weighted by Crippen LogP contribution is -2.24. The van der Waals surface area contributed by atoms with Crippen molar-refractivity contribution in [3.8, 4) is 0 Å². The molecule has 0 spiro atoms. The zero-order valence-electron chi connectivity index (χ0n) is 16.9. The number of nitrogens with two attached hydrogens (primary N) is 1. The Hall–Kier alpha value is -3.01. The van der Waals surface area contributed by atoms with Gasteiger partial charge in [0.25, 0.3) is 5.56 Å². The summed E-state index contributed by atoms with van der Waals surface area (Å²) in [6.07, 6.45) is 0.498. The minimum absolute atomic E-state index is 0.0390. The van der Waals surface area contributed by atoms with Crippen molar-refractivity contribution < 1.29 is 12.8 Å². The molecule has 9 heteroatoms. The molecule has 0 aliphatic heterocycles. The van der Waals surface area contributed by atoms with Gasteiger partial charge in [-0.15, -0.1) is 0 Å². The van der Waals surface area contributed by atoms with Crippen LogP contribution in [0.2, 0.25) is 0 Å². The van der Waals surface area contributed by atoms with Crippen LogP contribution in [-0.2, 0) is 28.7 Å². The van der Waals surface area contributed by atoms with Gasteiger partial charge in [0.2, 0.25) is 10.0 Å². The molecule has 0 fully saturated rings. The number of rotatable bonds is 7. The van der Waals surface area contributed by atoms with E-state index in [9.17, 15) is 17.6 Å². The number of hydrogen-bond acceptors (Lipinski definition) is 5. The van der Waals surface area contributed by atoms with Crippen LogP contribution >= 0.6 is 11.8 Å². The van der Waals surface area contributed by atoms with Gasteiger partial charge in [-0.2, -0.15) is 0 Å². The van der Waals surface area contributed by atoms with Crippen LogP contribution in [0.5, 0.6) is 0 Å². The molecule has 164 valence electrons. The van der Waals surface area contributed by atoms with Crippen molar-refractivity contribution in [1.82, 2.24) is 9.55 Å². The lowest BCUT2D eigenvalue weighted by molar-refractivity contribution is 0.593. The molecule has 1 heterocycles. The fraction of sp³-hybridized carbons (Fsp3) is 0.130. The van der Waals surface area contributed by atoms with Crippen LogP contribution in [0, 0.1) is 5.82 Å². The zero-order chi connectivity index (χ0) is 22.7. The summed E-state index contributed by atoms with van der Waals surface area (Å²) in [4.78, 5) is 17.9. The molecule has 0 radical (unpaired) electrons. The second kappa shape index (κ2) is 9.23. The molecule has 4 aromatic rings. The van der Waals surface area contributed by atoms with Gasteiger partial charge in [0.1, 0.15) is 5.82 Å². The number of nitrogens with zero attached hydrogens (tertiary/aromatic N) is 2. The normalized spacial score (nSPS) is 11.7. The van der Waals surface area contributed by atoms with Crippen molar-refractivity contribution in [2.75, 3.05) is 0 Å². The van der Waals surface area contributed by atoms with Crippen LogP contribution < -0.4 is 10.7 Å². The number of sulfonamides is 1. The average molecular weight is 470 g/mol. The Kier molecular flexibility index (Phi) is 6.40. The Bertz CT molecular complexity index is 1440. The maximum absolute atomic E-state index is 13.5. The summed E-state index contributed by atoms with van der Waals surface area (Å²) in [6.45, 7) is 0.358. The summed E-state index contributed by atoms with van der Waals surface area (Å²) in [7, 11) is -3.76. The summed E-state index contributed by atoms with van der Waals surface area (Å²) in [6, 6.07) is 19.7. The van der Waals surface area contributed by atoms with E-state index in [1.165, 1.54) is 36.0 Å². The number of primary sulfonamides is 1. The Morgan fingerprint density at radius 2 is 1.72 bits per heavy atom. The molecule has 0 saturated heterocycles. The van der Waals surface area contributed by atoms with Gasteiger partial charge in [0.05, 0.1) is 15.8 Å². The van der Waals surface area contributed by atoms with Crippen LogP contribution in [0.4, 0.5) is 4.39 Å².